The van der Waals surface area contributed by atoms with E-state index < -0.39 is 16.9 Å². The van der Waals surface area contributed by atoms with Gasteiger partial charge in [0.05, 0.1) is 25.2 Å². The number of ether oxygens (including phenoxy) is 1. The summed E-state index contributed by atoms with van der Waals surface area (Å²) in [4.78, 5) is 51.2. The van der Waals surface area contributed by atoms with Crippen molar-refractivity contribution in [3.63, 3.8) is 0 Å². The van der Waals surface area contributed by atoms with E-state index in [4.69, 9.17) is 4.74 Å². The van der Waals surface area contributed by atoms with Crippen molar-refractivity contribution in [1.82, 2.24) is 24.4 Å². The molecule has 1 saturated heterocycles. The number of H-pyrrole nitrogens is 2. The lowest BCUT2D eigenvalue weighted by Gasteiger charge is -2.26. The van der Waals surface area contributed by atoms with Crippen LogP contribution in [0.3, 0.4) is 0 Å². The molecule has 2 aliphatic rings. The number of aromatic amines is 2. The number of nitrogens with one attached hydrogen (secondary N) is 2. The molecule has 3 heterocycles. The Morgan fingerprint density at radius 1 is 0.952 bits per heavy atom. The summed E-state index contributed by atoms with van der Waals surface area (Å²) >= 11 is 0. The molecule has 2 N–H and O–H groups in total. The van der Waals surface area contributed by atoms with Crippen LogP contribution >= 0.6 is 0 Å². The van der Waals surface area contributed by atoms with E-state index in [0.29, 0.717) is 28.3 Å². The maximum absolute atomic E-state index is 13.3. The number of hydrogen-bond acceptors (Lipinski definition) is 6. The molecule has 42 heavy (non-hydrogen) atoms. The Balaban J connectivity index is 1.24. The van der Waals surface area contributed by atoms with E-state index in [-0.39, 0.29) is 16.5 Å². The largest absolute Gasteiger partial charge is 0.379 e. The standard InChI is InChI=1S/C32H32FN5O4/c33-25-9-7-23(8-10-25)30(39)24-4-1-3-21(17-24)18-27-31(40)36-28(32(41)35-27)19-26-29(22-5-6-22)38(20-34-26)12-2-11-37-13-15-42-16-14-37/h1,3-4,7-10,17-20,22H,2,5-6,11-16H2,(H,35,41)(H,36,40)/b27-18-,28-19-. The van der Waals surface area contributed by atoms with Gasteiger partial charge in [0.1, 0.15) is 16.5 Å². The van der Waals surface area contributed by atoms with Crippen LogP contribution < -0.4 is 21.8 Å². The highest BCUT2D eigenvalue weighted by Crippen LogP contribution is 2.41. The van der Waals surface area contributed by atoms with Crippen LogP contribution in [0.4, 0.5) is 4.39 Å². The van der Waals surface area contributed by atoms with Gasteiger partial charge in [0.25, 0.3) is 11.1 Å². The number of hydrogen-bond donors (Lipinski definition) is 2. The minimum absolute atomic E-state index is 0.0691. The van der Waals surface area contributed by atoms with Crippen LogP contribution in [-0.2, 0) is 11.3 Å². The molecular weight excluding hydrogens is 537 g/mol. The zero-order valence-electron chi connectivity index (χ0n) is 23.1. The minimum Gasteiger partial charge on any atom is -0.379 e. The van der Waals surface area contributed by atoms with Gasteiger partial charge in [-0.25, -0.2) is 9.37 Å². The molecular formula is C32H32FN5O4. The third-order valence-electron chi connectivity index (χ3n) is 7.68. The summed E-state index contributed by atoms with van der Waals surface area (Å²) in [5.74, 6) is -0.288. The van der Waals surface area contributed by atoms with Crippen LogP contribution in [0.5, 0.6) is 0 Å². The van der Waals surface area contributed by atoms with Crippen molar-refractivity contribution in [3.05, 3.63) is 120 Å². The van der Waals surface area contributed by atoms with Crippen LogP contribution in [0.2, 0.25) is 0 Å². The van der Waals surface area contributed by atoms with Crippen LogP contribution in [0.15, 0.2) is 64.4 Å². The van der Waals surface area contributed by atoms with Gasteiger partial charge in [0.15, 0.2) is 5.78 Å². The maximum atomic E-state index is 13.3. The highest BCUT2D eigenvalue weighted by atomic mass is 19.1. The van der Waals surface area contributed by atoms with Gasteiger partial charge in [-0.3, -0.25) is 19.3 Å². The molecule has 1 saturated carbocycles. The fourth-order valence-electron chi connectivity index (χ4n) is 5.32. The lowest BCUT2D eigenvalue weighted by Crippen LogP contribution is -2.46. The molecule has 2 aromatic carbocycles. The third-order valence-corrected chi connectivity index (χ3v) is 7.68. The van der Waals surface area contributed by atoms with Gasteiger partial charge in [0, 0.05) is 48.9 Å². The average molecular weight is 570 g/mol. The van der Waals surface area contributed by atoms with E-state index in [9.17, 15) is 18.8 Å². The van der Waals surface area contributed by atoms with Gasteiger partial charge in [-0.15, -0.1) is 0 Å². The van der Waals surface area contributed by atoms with Crippen LogP contribution in [0, 0.1) is 5.82 Å². The highest BCUT2D eigenvalue weighted by molar-refractivity contribution is 6.09. The fraction of sp³-hybridized carbons (Fsp3) is 0.312. The van der Waals surface area contributed by atoms with E-state index in [2.05, 4.69) is 24.4 Å². The second-order valence-electron chi connectivity index (χ2n) is 10.8. The fourth-order valence-corrected chi connectivity index (χ4v) is 5.32. The first-order valence-electron chi connectivity index (χ1n) is 14.3. The minimum atomic E-state index is -0.464. The van der Waals surface area contributed by atoms with Crippen molar-refractivity contribution in [1.29, 1.82) is 0 Å². The van der Waals surface area contributed by atoms with Crippen LogP contribution in [0.25, 0.3) is 12.2 Å². The Morgan fingerprint density at radius 3 is 2.38 bits per heavy atom. The normalized spacial score (nSPS) is 16.7. The number of ketones is 1. The Bertz CT molecular complexity index is 1830. The van der Waals surface area contributed by atoms with E-state index in [1.165, 1.54) is 30.3 Å². The smallest absolute Gasteiger partial charge is 0.272 e. The first-order chi connectivity index (χ1) is 20.4. The van der Waals surface area contributed by atoms with Gasteiger partial charge >= 0.3 is 0 Å². The molecule has 10 heteroatoms. The van der Waals surface area contributed by atoms with Gasteiger partial charge < -0.3 is 19.3 Å². The molecule has 0 radical (unpaired) electrons. The Morgan fingerprint density at radius 2 is 1.67 bits per heavy atom. The average Bonchev–Trinajstić information content (AvgIpc) is 3.76. The van der Waals surface area contributed by atoms with E-state index in [0.717, 1.165) is 64.3 Å². The molecule has 2 aromatic heterocycles. The lowest BCUT2D eigenvalue weighted by molar-refractivity contribution is 0.0369. The number of rotatable bonds is 9. The van der Waals surface area contributed by atoms with E-state index >= 15 is 0 Å². The van der Waals surface area contributed by atoms with E-state index in [1.807, 2.05) is 6.33 Å². The quantitative estimate of drug-likeness (QED) is 0.298. The topological polar surface area (TPSA) is 113 Å². The predicted molar refractivity (Wildman–Crippen MR) is 156 cm³/mol. The molecule has 9 nitrogen and oxygen atoms in total. The van der Waals surface area contributed by atoms with Crippen molar-refractivity contribution < 1.29 is 13.9 Å². The second kappa shape index (κ2) is 12.2. The van der Waals surface area contributed by atoms with Gasteiger partial charge in [-0.2, -0.15) is 0 Å². The SMILES string of the molecule is O=C(c1ccc(F)cc1)c1cccc(/C=c2\[nH]c(=O)/c(=C/c3ncn(CCCN4CCOCC4)c3C3CC3)[nH]c2=O)c1. The molecule has 4 aromatic rings. The summed E-state index contributed by atoms with van der Waals surface area (Å²) in [5, 5.41) is 0.206. The summed E-state index contributed by atoms with van der Waals surface area (Å²) in [6.45, 7) is 5.32. The van der Waals surface area contributed by atoms with Crippen molar-refractivity contribution in [2.24, 2.45) is 0 Å². The summed E-state index contributed by atoms with van der Waals surface area (Å²) < 4.78 is 20.9. The Kier molecular flexibility index (Phi) is 8.07. The molecule has 216 valence electrons. The van der Waals surface area contributed by atoms with Crippen molar-refractivity contribution >= 4 is 17.9 Å². The maximum Gasteiger partial charge on any atom is 0.272 e. The molecule has 0 bridgehead atoms. The highest BCUT2D eigenvalue weighted by Gasteiger charge is 2.29. The molecule has 2 fully saturated rings. The predicted octanol–water partition coefficient (Wildman–Crippen LogP) is 1.89. The second-order valence-corrected chi connectivity index (χ2v) is 10.8. The number of morpholine rings is 1. The van der Waals surface area contributed by atoms with Crippen molar-refractivity contribution in [2.45, 2.75) is 31.7 Å². The molecule has 1 aliphatic heterocycles. The molecule has 0 amide bonds. The number of aromatic nitrogens is 4. The monoisotopic (exact) mass is 569 g/mol. The zero-order chi connectivity index (χ0) is 29.1. The summed E-state index contributed by atoms with van der Waals surface area (Å²) in [7, 11) is 0. The molecule has 0 unspecified atom stereocenters. The lowest BCUT2D eigenvalue weighted by atomic mass is 10.0. The van der Waals surface area contributed by atoms with Crippen LogP contribution in [-0.4, -0.2) is 63.1 Å². The van der Waals surface area contributed by atoms with Gasteiger partial charge in [-0.05, 0) is 67.3 Å². The summed E-state index contributed by atoms with van der Waals surface area (Å²) in [6.07, 6.45) is 8.16. The zero-order valence-corrected chi connectivity index (χ0v) is 23.1. The number of imidazole rings is 1. The number of benzene rings is 2. The Hall–Kier alpha value is -4.41. The summed E-state index contributed by atoms with van der Waals surface area (Å²) in [6, 6.07) is 12.0. The first kappa shape index (κ1) is 27.7. The van der Waals surface area contributed by atoms with Crippen molar-refractivity contribution in [2.75, 3.05) is 32.8 Å². The van der Waals surface area contributed by atoms with Gasteiger partial charge in [-0.1, -0.05) is 18.2 Å². The van der Waals surface area contributed by atoms with Crippen LogP contribution in [0.1, 0.15) is 58.1 Å². The molecule has 6 rings (SSSR count). The Labute approximate surface area is 241 Å². The summed E-state index contributed by atoms with van der Waals surface area (Å²) in [5.41, 5.74) is 2.20. The van der Waals surface area contributed by atoms with Gasteiger partial charge in [0.2, 0.25) is 0 Å². The number of halogens is 1. The number of nitrogens with zero attached hydrogens (tertiary/aromatic N) is 3. The molecule has 1 aliphatic carbocycles. The number of aryl methyl sites for hydroxylation is 1. The number of carbonyl (C=O) groups is 1. The van der Waals surface area contributed by atoms with E-state index in [1.54, 1.807) is 30.3 Å². The third kappa shape index (κ3) is 6.40. The molecule has 0 atom stereocenters. The number of carbonyl (C=O) groups excluding carboxylic acids is 1. The molecule has 0 spiro atoms. The first-order valence-corrected chi connectivity index (χ1v) is 14.3. The van der Waals surface area contributed by atoms with Crippen molar-refractivity contribution in [3.8, 4) is 0 Å².